The molecule has 0 aliphatic carbocycles. The Balaban J connectivity index is 1.57. The molecular weight excluding hydrogens is 272 g/mol. The molecule has 108 valence electrons. The van der Waals surface area contributed by atoms with Crippen LogP contribution in [0.25, 0.3) is 0 Å². The molecule has 2 aliphatic rings. The van der Waals surface area contributed by atoms with Crippen molar-refractivity contribution in [2.45, 2.75) is 18.9 Å². The fourth-order valence-electron chi connectivity index (χ4n) is 2.82. The minimum Gasteiger partial charge on any atom is -0.508 e. The molecule has 0 amide bonds. The molecule has 2 aliphatic heterocycles. The summed E-state index contributed by atoms with van der Waals surface area (Å²) in [5.41, 5.74) is 1.84. The third-order valence-corrected chi connectivity index (χ3v) is 3.82. The number of aromatic hydroxyl groups is 2. The highest BCUT2D eigenvalue weighted by atomic mass is 16.7. The van der Waals surface area contributed by atoms with Crippen molar-refractivity contribution in [3.05, 3.63) is 41.5 Å². The van der Waals surface area contributed by atoms with Crippen LogP contribution in [0.15, 0.2) is 30.3 Å². The normalized spacial score (nSPS) is 18.4. The molecule has 0 spiro atoms. The number of benzene rings is 2. The predicted octanol–water partition coefficient (Wildman–Crippen LogP) is 2.37. The highest BCUT2D eigenvalue weighted by Gasteiger charge is 2.31. The Morgan fingerprint density at radius 1 is 1.05 bits per heavy atom. The molecule has 2 heterocycles. The standard InChI is InChI=1S/C16H14O5/c17-11-3-1-9(13(18)7-11)5-12-6-10-2-4-14-16(15(10)21-12)20-8-19-14/h1-4,7,12,17-18H,5-6,8H2/t12-/m1/s1. The first kappa shape index (κ1) is 12.2. The van der Waals surface area contributed by atoms with Gasteiger partial charge in [0, 0.05) is 24.5 Å². The van der Waals surface area contributed by atoms with Crippen molar-refractivity contribution in [3.8, 4) is 28.7 Å². The lowest BCUT2D eigenvalue weighted by Crippen LogP contribution is -2.16. The molecule has 4 rings (SSSR count). The van der Waals surface area contributed by atoms with Gasteiger partial charge in [0.1, 0.15) is 17.6 Å². The largest absolute Gasteiger partial charge is 0.508 e. The fraction of sp³-hybridized carbons (Fsp3) is 0.250. The average molecular weight is 286 g/mol. The summed E-state index contributed by atoms with van der Waals surface area (Å²) in [6.07, 6.45) is 1.26. The summed E-state index contributed by atoms with van der Waals surface area (Å²) in [5.74, 6) is 2.26. The molecule has 2 aromatic carbocycles. The molecule has 5 nitrogen and oxygen atoms in total. The third-order valence-electron chi connectivity index (χ3n) is 3.82. The van der Waals surface area contributed by atoms with Crippen LogP contribution >= 0.6 is 0 Å². The van der Waals surface area contributed by atoms with E-state index in [0.29, 0.717) is 17.9 Å². The van der Waals surface area contributed by atoms with E-state index in [1.807, 2.05) is 12.1 Å². The molecule has 0 unspecified atom stereocenters. The SMILES string of the molecule is Oc1ccc(C[C@@H]2Cc3ccc4c(c3O2)OCO4)c(O)c1. The van der Waals surface area contributed by atoms with Crippen molar-refractivity contribution in [2.75, 3.05) is 6.79 Å². The lowest BCUT2D eigenvalue weighted by atomic mass is 10.0. The number of phenols is 2. The highest BCUT2D eigenvalue weighted by Crippen LogP contribution is 2.47. The topological polar surface area (TPSA) is 68.2 Å². The smallest absolute Gasteiger partial charge is 0.231 e. The molecule has 0 radical (unpaired) electrons. The molecule has 5 heteroatoms. The monoisotopic (exact) mass is 286 g/mol. The Morgan fingerprint density at radius 3 is 2.81 bits per heavy atom. The average Bonchev–Trinajstić information content (AvgIpc) is 3.06. The Morgan fingerprint density at radius 2 is 1.95 bits per heavy atom. The number of hydrogen-bond acceptors (Lipinski definition) is 5. The van der Waals surface area contributed by atoms with Crippen LogP contribution in [0.3, 0.4) is 0 Å². The van der Waals surface area contributed by atoms with E-state index in [0.717, 1.165) is 23.3 Å². The molecule has 0 saturated carbocycles. The van der Waals surface area contributed by atoms with Gasteiger partial charge >= 0.3 is 0 Å². The van der Waals surface area contributed by atoms with Crippen LogP contribution in [0, 0.1) is 0 Å². The van der Waals surface area contributed by atoms with Crippen molar-refractivity contribution < 1.29 is 24.4 Å². The Bertz CT molecular complexity index is 710. The third kappa shape index (κ3) is 2.01. The van der Waals surface area contributed by atoms with Crippen molar-refractivity contribution in [1.82, 2.24) is 0 Å². The van der Waals surface area contributed by atoms with Gasteiger partial charge in [0.05, 0.1) is 0 Å². The first-order valence-corrected chi connectivity index (χ1v) is 6.79. The molecule has 0 fully saturated rings. The van der Waals surface area contributed by atoms with Crippen LogP contribution in [-0.2, 0) is 12.8 Å². The molecule has 2 N–H and O–H groups in total. The predicted molar refractivity (Wildman–Crippen MR) is 74.2 cm³/mol. The summed E-state index contributed by atoms with van der Waals surface area (Å²) in [6.45, 7) is 0.221. The van der Waals surface area contributed by atoms with E-state index in [1.165, 1.54) is 6.07 Å². The minimum atomic E-state index is -0.0638. The molecule has 21 heavy (non-hydrogen) atoms. The van der Waals surface area contributed by atoms with Crippen LogP contribution in [0.1, 0.15) is 11.1 Å². The van der Waals surface area contributed by atoms with Crippen LogP contribution in [-0.4, -0.2) is 23.1 Å². The Labute approximate surface area is 121 Å². The lowest BCUT2D eigenvalue weighted by Gasteiger charge is -2.12. The first-order valence-electron chi connectivity index (χ1n) is 6.79. The second-order valence-corrected chi connectivity index (χ2v) is 5.25. The maximum Gasteiger partial charge on any atom is 0.231 e. The minimum absolute atomic E-state index is 0.0512. The van der Waals surface area contributed by atoms with Gasteiger partial charge in [-0.3, -0.25) is 0 Å². The second kappa shape index (κ2) is 4.48. The van der Waals surface area contributed by atoms with Gasteiger partial charge in [-0.1, -0.05) is 12.1 Å². The molecule has 0 aromatic heterocycles. The van der Waals surface area contributed by atoms with E-state index in [9.17, 15) is 10.2 Å². The van der Waals surface area contributed by atoms with Gasteiger partial charge in [0.15, 0.2) is 11.5 Å². The summed E-state index contributed by atoms with van der Waals surface area (Å²) in [7, 11) is 0. The molecule has 0 bridgehead atoms. The van der Waals surface area contributed by atoms with Crippen LogP contribution in [0.2, 0.25) is 0 Å². The Kier molecular flexibility index (Phi) is 2.60. The van der Waals surface area contributed by atoms with E-state index in [4.69, 9.17) is 14.2 Å². The zero-order chi connectivity index (χ0) is 14.4. The van der Waals surface area contributed by atoms with Crippen LogP contribution in [0.5, 0.6) is 28.7 Å². The van der Waals surface area contributed by atoms with E-state index in [2.05, 4.69) is 0 Å². The van der Waals surface area contributed by atoms with Crippen LogP contribution < -0.4 is 14.2 Å². The number of hydrogen-bond donors (Lipinski definition) is 2. The van der Waals surface area contributed by atoms with Gasteiger partial charge < -0.3 is 24.4 Å². The number of ether oxygens (including phenoxy) is 3. The molecular formula is C16H14O5. The Hall–Kier alpha value is -2.56. The lowest BCUT2D eigenvalue weighted by molar-refractivity contribution is 0.166. The summed E-state index contributed by atoms with van der Waals surface area (Å²) in [5, 5.41) is 19.2. The molecule has 1 atom stereocenters. The second-order valence-electron chi connectivity index (χ2n) is 5.25. The zero-order valence-electron chi connectivity index (χ0n) is 11.2. The number of phenolic OH excluding ortho intramolecular Hbond substituents is 2. The van der Waals surface area contributed by atoms with Gasteiger partial charge in [0.2, 0.25) is 12.5 Å². The van der Waals surface area contributed by atoms with Gasteiger partial charge in [-0.2, -0.15) is 0 Å². The fourth-order valence-corrected chi connectivity index (χ4v) is 2.82. The maximum atomic E-state index is 9.86. The first-order chi connectivity index (χ1) is 10.2. The van der Waals surface area contributed by atoms with E-state index in [1.54, 1.807) is 12.1 Å². The maximum absolute atomic E-state index is 9.86. The van der Waals surface area contributed by atoms with Gasteiger partial charge in [-0.05, 0) is 17.7 Å². The quantitative estimate of drug-likeness (QED) is 0.887. The zero-order valence-corrected chi connectivity index (χ0v) is 11.2. The van der Waals surface area contributed by atoms with Crippen LogP contribution in [0.4, 0.5) is 0 Å². The van der Waals surface area contributed by atoms with Gasteiger partial charge in [-0.15, -0.1) is 0 Å². The van der Waals surface area contributed by atoms with E-state index in [-0.39, 0.29) is 24.4 Å². The molecule has 2 aromatic rings. The highest BCUT2D eigenvalue weighted by molar-refractivity contribution is 5.58. The summed E-state index contributed by atoms with van der Waals surface area (Å²) < 4.78 is 16.7. The van der Waals surface area contributed by atoms with E-state index < -0.39 is 0 Å². The van der Waals surface area contributed by atoms with Crippen molar-refractivity contribution in [3.63, 3.8) is 0 Å². The van der Waals surface area contributed by atoms with Crippen molar-refractivity contribution in [1.29, 1.82) is 0 Å². The molecule has 0 saturated heterocycles. The summed E-state index contributed by atoms with van der Waals surface area (Å²) in [4.78, 5) is 0. The summed E-state index contributed by atoms with van der Waals surface area (Å²) >= 11 is 0. The van der Waals surface area contributed by atoms with Crippen molar-refractivity contribution in [2.24, 2.45) is 0 Å². The van der Waals surface area contributed by atoms with E-state index >= 15 is 0 Å². The van der Waals surface area contributed by atoms with Gasteiger partial charge in [-0.25, -0.2) is 0 Å². The number of rotatable bonds is 2. The number of fused-ring (bicyclic) bond motifs is 3. The van der Waals surface area contributed by atoms with Crippen molar-refractivity contribution >= 4 is 0 Å². The summed E-state index contributed by atoms with van der Waals surface area (Å²) in [6, 6.07) is 8.49. The van der Waals surface area contributed by atoms with Gasteiger partial charge in [0.25, 0.3) is 0 Å².